The van der Waals surface area contributed by atoms with Crippen molar-refractivity contribution < 1.29 is 4.74 Å². The van der Waals surface area contributed by atoms with Crippen LogP contribution in [0.15, 0.2) is 0 Å². The van der Waals surface area contributed by atoms with Crippen LogP contribution in [0.4, 0.5) is 0 Å². The van der Waals surface area contributed by atoms with Crippen molar-refractivity contribution in [1.82, 2.24) is 0 Å². The number of hydrogen-bond donors (Lipinski definition) is 0. The van der Waals surface area contributed by atoms with Gasteiger partial charge in [-0.2, -0.15) is 11.8 Å². The molecule has 2 aliphatic heterocycles. The predicted molar refractivity (Wildman–Crippen MR) is 67.9 cm³/mol. The standard InChI is InChI=1S/C12H21ClOS/c13-6-1-2-11-3-7-14-12(10-11)4-8-15-9-5-12/h11H,1-10H2. The van der Waals surface area contributed by atoms with Crippen LogP contribution in [0.3, 0.4) is 0 Å². The smallest absolute Gasteiger partial charge is 0.0700 e. The van der Waals surface area contributed by atoms with E-state index < -0.39 is 0 Å². The van der Waals surface area contributed by atoms with Gasteiger partial charge >= 0.3 is 0 Å². The number of hydrogen-bond acceptors (Lipinski definition) is 2. The van der Waals surface area contributed by atoms with Crippen LogP contribution in [0.25, 0.3) is 0 Å². The van der Waals surface area contributed by atoms with Gasteiger partial charge in [-0.05, 0) is 55.9 Å². The average molecular weight is 249 g/mol. The van der Waals surface area contributed by atoms with Crippen molar-refractivity contribution in [2.75, 3.05) is 24.0 Å². The molecular formula is C12H21ClOS. The molecule has 1 nitrogen and oxygen atoms in total. The number of ether oxygens (including phenoxy) is 1. The second-order valence-corrected chi connectivity index (χ2v) is 6.44. The van der Waals surface area contributed by atoms with Crippen LogP contribution in [-0.4, -0.2) is 29.6 Å². The maximum atomic E-state index is 6.07. The first-order valence-corrected chi connectivity index (χ1v) is 7.81. The summed E-state index contributed by atoms with van der Waals surface area (Å²) in [6, 6.07) is 0. The van der Waals surface area contributed by atoms with Crippen LogP contribution in [0.2, 0.25) is 0 Å². The molecule has 0 aromatic heterocycles. The van der Waals surface area contributed by atoms with Crippen molar-refractivity contribution in [3.8, 4) is 0 Å². The molecule has 0 aromatic rings. The van der Waals surface area contributed by atoms with Crippen LogP contribution in [-0.2, 0) is 4.74 Å². The number of halogens is 1. The minimum Gasteiger partial charge on any atom is -0.375 e. The van der Waals surface area contributed by atoms with E-state index in [1.54, 1.807) is 0 Å². The summed E-state index contributed by atoms with van der Waals surface area (Å²) >= 11 is 7.84. The summed E-state index contributed by atoms with van der Waals surface area (Å²) in [7, 11) is 0. The first-order valence-electron chi connectivity index (χ1n) is 6.12. The summed E-state index contributed by atoms with van der Waals surface area (Å²) in [6.45, 7) is 0.984. The highest BCUT2D eigenvalue weighted by molar-refractivity contribution is 7.99. The van der Waals surface area contributed by atoms with Gasteiger partial charge in [-0.25, -0.2) is 0 Å². The molecule has 1 unspecified atom stereocenters. The summed E-state index contributed by atoms with van der Waals surface area (Å²) < 4.78 is 6.07. The zero-order chi connectivity index (χ0) is 10.6. The lowest BCUT2D eigenvalue weighted by molar-refractivity contribution is -0.103. The first kappa shape index (κ1) is 12.1. The highest BCUT2D eigenvalue weighted by atomic mass is 35.5. The number of thioether (sulfide) groups is 1. The molecular weight excluding hydrogens is 228 g/mol. The lowest BCUT2D eigenvalue weighted by Gasteiger charge is -2.43. The molecule has 88 valence electrons. The maximum Gasteiger partial charge on any atom is 0.0700 e. The molecule has 3 heteroatoms. The summed E-state index contributed by atoms with van der Waals surface area (Å²) in [5.41, 5.74) is 0.264. The van der Waals surface area contributed by atoms with E-state index in [4.69, 9.17) is 16.3 Å². The summed E-state index contributed by atoms with van der Waals surface area (Å²) in [6.07, 6.45) is 7.58. The summed E-state index contributed by atoms with van der Waals surface area (Å²) in [4.78, 5) is 0. The normalized spacial score (nSPS) is 30.6. The van der Waals surface area contributed by atoms with Gasteiger partial charge in [0, 0.05) is 12.5 Å². The van der Waals surface area contributed by atoms with Crippen molar-refractivity contribution in [2.24, 2.45) is 5.92 Å². The van der Waals surface area contributed by atoms with E-state index in [-0.39, 0.29) is 5.60 Å². The predicted octanol–water partition coefficient (Wildman–Crippen LogP) is 3.70. The molecule has 1 atom stereocenters. The molecule has 0 amide bonds. The van der Waals surface area contributed by atoms with Crippen molar-refractivity contribution in [3.05, 3.63) is 0 Å². The molecule has 2 heterocycles. The molecule has 0 aromatic carbocycles. The molecule has 0 N–H and O–H groups in total. The molecule has 2 saturated heterocycles. The van der Waals surface area contributed by atoms with Gasteiger partial charge in [0.2, 0.25) is 0 Å². The Balaban J connectivity index is 1.85. The van der Waals surface area contributed by atoms with E-state index in [1.165, 1.54) is 50.0 Å². The maximum absolute atomic E-state index is 6.07. The fourth-order valence-corrected chi connectivity index (χ4v) is 4.22. The Morgan fingerprint density at radius 3 is 2.87 bits per heavy atom. The second kappa shape index (κ2) is 5.79. The van der Waals surface area contributed by atoms with Gasteiger partial charge < -0.3 is 4.74 Å². The Morgan fingerprint density at radius 1 is 1.33 bits per heavy atom. The topological polar surface area (TPSA) is 9.23 Å². The third-order valence-electron chi connectivity index (χ3n) is 3.75. The fraction of sp³-hybridized carbons (Fsp3) is 1.00. The highest BCUT2D eigenvalue weighted by Gasteiger charge is 2.38. The Labute approximate surface area is 102 Å². The van der Waals surface area contributed by atoms with E-state index in [0.29, 0.717) is 0 Å². The summed E-state index contributed by atoms with van der Waals surface area (Å²) in [5.74, 6) is 4.28. The molecule has 0 radical (unpaired) electrons. The van der Waals surface area contributed by atoms with Crippen LogP contribution >= 0.6 is 23.4 Å². The van der Waals surface area contributed by atoms with Crippen molar-refractivity contribution in [3.63, 3.8) is 0 Å². The van der Waals surface area contributed by atoms with E-state index in [2.05, 4.69) is 11.8 Å². The Hall–Kier alpha value is 0.600. The van der Waals surface area contributed by atoms with Gasteiger partial charge in [0.15, 0.2) is 0 Å². The lowest BCUT2D eigenvalue weighted by Crippen LogP contribution is -2.42. The van der Waals surface area contributed by atoms with Gasteiger partial charge in [-0.15, -0.1) is 11.6 Å². The van der Waals surface area contributed by atoms with Crippen LogP contribution in [0, 0.1) is 5.92 Å². The third kappa shape index (κ3) is 3.28. The van der Waals surface area contributed by atoms with Gasteiger partial charge in [-0.1, -0.05) is 0 Å². The molecule has 2 fully saturated rings. The van der Waals surface area contributed by atoms with E-state index >= 15 is 0 Å². The zero-order valence-electron chi connectivity index (χ0n) is 9.34. The largest absolute Gasteiger partial charge is 0.375 e. The van der Waals surface area contributed by atoms with Gasteiger partial charge in [-0.3, -0.25) is 0 Å². The number of rotatable bonds is 3. The van der Waals surface area contributed by atoms with Crippen molar-refractivity contribution in [2.45, 2.75) is 44.1 Å². The molecule has 0 bridgehead atoms. The Morgan fingerprint density at radius 2 is 2.13 bits per heavy atom. The van der Waals surface area contributed by atoms with E-state index in [9.17, 15) is 0 Å². The minimum absolute atomic E-state index is 0.264. The van der Waals surface area contributed by atoms with Gasteiger partial charge in [0.1, 0.15) is 0 Å². The Bertz CT molecular complexity index is 187. The molecule has 0 aliphatic carbocycles. The molecule has 2 aliphatic rings. The molecule has 1 spiro atoms. The SMILES string of the molecule is ClCCCC1CCOC2(CCSCC2)C1. The van der Waals surface area contributed by atoms with E-state index in [0.717, 1.165) is 18.4 Å². The molecule has 0 saturated carbocycles. The van der Waals surface area contributed by atoms with E-state index in [1.807, 2.05) is 0 Å². The monoisotopic (exact) mass is 248 g/mol. The average Bonchev–Trinajstić information content (AvgIpc) is 2.28. The minimum atomic E-state index is 0.264. The zero-order valence-corrected chi connectivity index (χ0v) is 10.9. The molecule has 2 rings (SSSR count). The fourth-order valence-electron chi connectivity index (χ4n) is 2.83. The van der Waals surface area contributed by atoms with Crippen LogP contribution in [0.1, 0.15) is 38.5 Å². The summed E-state index contributed by atoms with van der Waals surface area (Å²) in [5, 5.41) is 0. The van der Waals surface area contributed by atoms with Crippen molar-refractivity contribution in [1.29, 1.82) is 0 Å². The van der Waals surface area contributed by atoms with Gasteiger partial charge in [0.05, 0.1) is 5.60 Å². The Kier molecular flexibility index (Phi) is 4.66. The highest BCUT2D eigenvalue weighted by Crippen LogP contribution is 2.40. The van der Waals surface area contributed by atoms with Crippen molar-refractivity contribution >= 4 is 23.4 Å². The quantitative estimate of drug-likeness (QED) is 0.705. The van der Waals surface area contributed by atoms with Gasteiger partial charge in [0.25, 0.3) is 0 Å². The van der Waals surface area contributed by atoms with Crippen LogP contribution < -0.4 is 0 Å². The third-order valence-corrected chi connectivity index (χ3v) is 5.00. The van der Waals surface area contributed by atoms with Crippen LogP contribution in [0.5, 0.6) is 0 Å². The molecule has 15 heavy (non-hydrogen) atoms. The second-order valence-electron chi connectivity index (χ2n) is 4.83. The first-order chi connectivity index (χ1) is 7.35. The lowest BCUT2D eigenvalue weighted by atomic mass is 9.80. The number of alkyl halides is 1.